The van der Waals surface area contributed by atoms with Crippen molar-refractivity contribution in [3.05, 3.63) is 53.1 Å². The van der Waals surface area contributed by atoms with Crippen molar-refractivity contribution in [3.63, 3.8) is 0 Å². The first kappa shape index (κ1) is 12.1. The van der Waals surface area contributed by atoms with Crippen LogP contribution in [0.2, 0.25) is 5.02 Å². The molecule has 3 nitrogen and oxygen atoms in total. The summed E-state index contributed by atoms with van der Waals surface area (Å²) in [5.74, 6) is 1.52. The van der Waals surface area contributed by atoms with Crippen LogP contribution in [0.5, 0.6) is 11.5 Å². The van der Waals surface area contributed by atoms with Crippen LogP contribution < -0.4 is 9.47 Å². The van der Waals surface area contributed by atoms with E-state index >= 15 is 0 Å². The lowest BCUT2D eigenvalue weighted by atomic mass is 10.2. The molecule has 0 spiro atoms. The Morgan fingerprint density at radius 2 is 1.68 bits per heavy atom. The lowest BCUT2D eigenvalue weighted by molar-refractivity contribution is 0.171. The Morgan fingerprint density at radius 3 is 2.47 bits per heavy atom. The molecule has 0 saturated heterocycles. The standard InChI is InChI=1S/C15H12ClNO2/c16-12-3-1-11(2-4-12)10-17-13-5-6-14-15(9-13)19-8-7-18-14/h1-6,9-10H,7-8H2. The number of ether oxygens (including phenoxy) is 2. The summed E-state index contributed by atoms with van der Waals surface area (Å²) in [6.07, 6.45) is 1.79. The fraction of sp³-hybridized carbons (Fsp3) is 0.133. The zero-order chi connectivity index (χ0) is 13.1. The highest BCUT2D eigenvalue weighted by Crippen LogP contribution is 2.33. The van der Waals surface area contributed by atoms with E-state index in [1.165, 1.54) is 0 Å². The van der Waals surface area contributed by atoms with Crippen molar-refractivity contribution in [3.8, 4) is 11.5 Å². The van der Waals surface area contributed by atoms with Crippen LogP contribution in [0.15, 0.2) is 47.5 Å². The van der Waals surface area contributed by atoms with Crippen LogP contribution in [0.1, 0.15) is 5.56 Å². The summed E-state index contributed by atoms with van der Waals surface area (Å²) < 4.78 is 11.0. The molecule has 0 N–H and O–H groups in total. The number of hydrogen-bond donors (Lipinski definition) is 0. The molecular weight excluding hydrogens is 262 g/mol. The fourth-order valence-corrected chi connectivity index (χ4v) is 1.94. The van der Waals surface area contributed by atoms with E-state index in [1.54, 1.807) is 6.21 Å². The minimum atomic E-state index is 0.581. The third kappa shape index (κ3) is 2.88. The SMILES string of the molecule is Clc1ccc(C=Nc2ccc3c(c2)OCCO3)cc1. The summed E-state index contributed by atoms with van der Waals surface area (Å²) in [6, 6.07) is 13.2. The van der Waals surface area contributed by atoms with Crippen molar-refractivity contribution >= 4 is 23.5 Å². The summed E-state index contributed by atoms with van der Waals surface area (Å²) in [7, 11) is 0. The Bertz CT molecular complexity index is 608. The zero-order valence-corrected chi connectivity index (χ0v) is 10.9. The Labute approximate surface area is 116 Å². The van der Waals surface area contributed by atoms with Gasteiger partial charge >= 0.3 is 0 Å². The van der Waals surface area contributed by atoms with Gasteiger partial charge in [0.1, 0.15) is 13.2 Å². The van der Waals surface area contributed by atoms with Gasteiger partial charge in [0.15, 0.2) is 11.5 Å². The molecule has 0 unspecified atom stereocenters. The monoisotopic (exact) mass is 273 g/mol. The average Bonchev–Trinajstić information content (AvgIpc) is 2.46. The maximum absolute atomic E-state index is 5.83. The predicted molar refractivity (Wildman–Crippen MR) is 76.1 cm³/mol. The Kier molecular flexibility index (Phi) is 3.38. The first-order valence-corrected chi connectivity index (χ1v) is 6.38. The molecule has 0 saturated carbocycles. The minimum Gasteiger partial charge on any atom is -0.486 e. The molecule has 0 amide bonds. The number of benzene rings is 2. The summed E-state index contributed by atoms with van der Waals surface area (Å²) in [4.78, 5) is 4.41. The van der Waals surface area contributed by atoms with Crippen molar-refractivity contribution in [1.82, 2.24) is 0 Å². The normalized spacial score (nSPS) is 13.7. The smallest absolute Gasteiger partial charge is 0.163 e. The van der Waals surface area contributed by atoms with Gasteiger partial charge in [0.25, 0.3) is 0 Å². The molecule has 2 aromatic carbocycles. The zero-order valence-electron chi connectivity index (χ0n) is 10.2. The average molecular weight is 274 g/mol. The van der Waals surface area contributed by atoms with Crippen LogP contribution in [-0.4, -0.2) is 19.4 Å². The molecule has 96 valence electrons. The lowest BCUT2D eigenvalue weighted by Crippen LogP contribution is -2.14. The highest BCUT2D eigenvalue weighted by atomic mass is 35.5. The van der Waals surface area contributed by atoms with Gasteiger partial charge < -0.3 is 9.47 Å². The molecule has 0 radical (unpaired) electrons. The van der Waals surface area contributed by atoms with E-state index in [-0.39, 0.29) is 0 Å². The second-order valence-electron chi connectivity index (χ2n) is 4.14. The number of aliphatic imine (C=N–C) groups is 1. The highest BCUT2D eigenvalue weighted by Gasteiger charge is 2.10. The third-order valence-corrected chi connectivity index (χ3v) is 3.01. The molecule has 2 aromatic rings. The topological polar surface area (TPSA) is 30.8 Å². The van der Waals surface area contributed by atoms with E-state index < -0.39 is 0 Å². The largest absolute Gasteiger partial charge is 0.486 e. The maximum atomic E-state index is 5.83. The van der Waals surface area contributed by atoms with Gasteiger partial charge in [-0.15, -0.1) is 0 Å². The van der Waals surface area contributed by atoms with Gasteiger partial charge in [-0.3, -0.25) is 4.99 Å². The Morgan fingerprint density at radius 1 is 0.947 bits per heavy atom. The van der Waals surface area contributed by atoms with Gasteiger partial charge in [0.05, 0.1) is 5.69 Å². The highest BCUT2D eigenvalue weighted by molar-refractivity contribution is 6.30. The molecule has 1 heterocycles. The molecule has 0 aromatic heterocycles. The third-order valence-electron chi connectivity index (χ3n) is 2.76. The van der Waals surface area contributed by atoms with Gasteiger partial charge in [-0.1, -0.05) is 23.7 Å². The van der Waals surface area contributed by atoms with E-state index in [4.69, 9.17) is 21.1 Å². The van der Waals surface area contributed by atoms with Crippen LogP contribution >= 0.6 is 11.6 Å². The van der Waals surface area contributed by atoms with E-state index in [1.807, 2.05) is 42.5 Å². The van der Waals surface area contributed by atoms with Crippen molar-refractivity contribution in [1.29, 1.82) is 0 Å². The fourth-order valence-electron chi connectivity index (χ4n) is 1.81. The van der Waals surface area contributed by atoms with Gasteiger partial charge in [-0.2, -0.15) is 0 Å². The molecule has 3 rings (SSSR count). The molecule has 0 atom stereocenters. The quantitative estimate of drug-likeness (QED) is 0.778. The van der Waals surface area contributed by atoms with Crippen LogP contribution in [0.25, 0.3) is 0 Å². The first-order chi connectivity index (χ1) is 9.31. The van der Waals surface area contributed by atoms with Crippen molar-refractivity contribution in [2.75, 3.05) is 13.2 Å². The molecule has 19 heavy (non-hydrogen) atoms. The molecule has 1 aliphatic heterocycles. The second-order valence-corrected chi connectivity index (χ2v) is 4.57. The van der Waals surface area contributed by atoms with E-state index in [0.29, 0.717) is 13.2 Å². The number of nitrogens with zero attached hydrogens (tertiary/aromatic N) is 1. The molecule has 0 aliphatic carbocycles. The summed E-state index contributed by atoms with van der Waals surface area (Å²) in [6.45, 7) is 1.18. The van der Waals surface area contributed by atoms with Crippen molar-refractivity contribution in [2.45, 2.75) is 0 Å². The van der Waals surface area contributed by atoms with Crippen molar-refractivity contribution in [2.24, 2.45) is 4.99 Å². The number of rotatable bonds is 2. The maximum Gasteiger partial charge on any atom is 0.163 e. The number of fused-ring (bicyclic) bond motifs is 1. The summed E-state index contributed by atoms with van der Waals surface area (Å²) >= 11 is 5.83. The van der Waals surface area contributed by atoms with Crippen LogP contribution in [0.3, 0.4) is 0 Å². The first-order valence-electron chi connectivity index (χ1n) is 6.00. The summed E-state index contributed by atoms with van der Waals surface area (Å²) in [5.41, 5.74) is 1.83. The number of hydrogen-bond acceptors (Lipinski definition) is 3. The van der Waals surface area contributed by atoms with Gasteiger partial charge in [0.2, 0.25) is 0 Å². The van der Waals surface area contributed by atoms with Crippen LogP contribution in [0, 0.1) is 0 Å². The van der Waals surface area contributed by atoms with E-state index in [9.17, 15) is 0 Å². The van der Waals surface area contributed by atoms with E-state index in [2.05, 4.69) is 4.99 Å². The Balaban J connectivity index is 1.81. The molecule has 1 aliphatic rings. The Hall–Kier alpha value is -2.00. The molecular formula is C15H12ClNO2. The molecule has 4 heteroatoms. The lowest BCUT2D eigenvalue weighted by Gasteiger charge is -2.18. The summed E-state index contributed by atoms with van der Waals surface area (Å²) in [5, 5.41) is 0.719. The van der Waals surface area contributed by atoms with Gasteiger partial charge in [-0.05, 0) is 29.8 Å². The number of halogens is 1. The second kappa shape index (κ2) is 5.33. The van der Waals surface area contributed by atoms with Crippen molar-refractivity contribution < 1.29 is 9.47 Å². The molecule has 0 bridgehead atoms. The van der Waals surface area contributed by atoms with Gasteiger partial charge in [-0.25, -0.2) is 0 Å². The van der Waals surface area contributed by atoms with Gasteiger partial charge in [0, 0.05) is 17.3 Å². The van der Waals surface area contributed by atoms with Crippen LogP contribution in [0.4, 0.5) is 5.69 Å². The van der Waals surface area contributed by atoms with E-state index in [0.717, 1.165) is 27.8 Å². The minimum absolute atomic E-state index is 0.581. The predicted octanol–water partition coefficient (Wildman–Crippen LogP) is 3.86. The molecule has 0 fully saturated rings. The van der Waals surface area contributed by atoms with Crippen LogP contribution in [-0.2, 0) is 0 Å².